The van der Waals surface area contributed by atoms with Crippen molar-refractivity contribution in [1.29, 1.82) is 0 Å². The first-order chi connectivity index (χ1) is 14.1. The Morgan fingerprint density at radius 3 is 2.38 bits per heavy atom. The standard InChI is InChI=1S/C25H20O4/c1-17-7-12-22-21(15-25(27)29-23(22)13-17)16-28-24(26)14-18-8-10-20(11-9-18)19-5-3-2-4-6-19/h2-13,15H,14,16H2,1H3. The van der Waals surface area contributed by atoms with Gasteiger partial charge in [-0.15, -0.1) is 0 Å². The van der Waals surface area contributed by atoms with Crippen molar-refractivity contribution in [3.8, 4) is 11.1 Å². The summed E-state index contributed by atoms with van der Waals surface area (Å²) in [6.45, 7) is 1.96. The van der Waals surface area contributed by atoms with Crippen LogP contribution in [0.5, 0.6) is 0 Å². The van der Waals surface area contributed by atoms with Gasteiger partial charge in [-0.1, -0.05) is 66.7 Å². The average Bonchev–Trinajstić information content (AvgIpc) is 2.73. The maximum Gasteiger partial charge on any atom is 0.336 e. The van der Waals surface area contributed by atoms with Crippen LogP contribution in [0.15, 0.2) is 88.1 Å². The Bertz CT molecular complexity index is 1210. The van der Waals surface area contributed by atoms with Crippen molar-refractivity contribution in [2.24, 2.45) is 0 Å². The molecule has 0 atom stereocenters. The van der Waals surface area contributed by atoms with Gasteiger partial charge < -0.3 is 9.15 Å². The molecule has 4 heteroatoms. The fraction of sp³-hybridized carbons (Fsp3) is 0.120. The molecule has 3 aromatic carbocycles. The molecule has 0 saturated heterocycles. The summed E-state index contributed by atoms with van der Waals surface area (Å²) in [7, 11) is 0. The topological polar surface area (TPSA) is 56.5 Å². The number of fused-ring (bicyclic) bond motifs is 1. The number of hydrogen-bond donors (Lipinski definition) is 0. The second-order valence-electron chi connectivity index (χ2n) is 6.99. The summed E-state index contributed by atoms with van der Waals surface area (Å²) in [4.78, 5) is 24.1. The highest BCUT2D eigenvalue weighted by molar-refractivity contribution is 5.81. The summed E-state index contributed by atoms with van der Waals surface area (Å²) in [6.07, 6.45) is 0.174. The van der Waals surface area contributed by atoms with Crippen LogP contribution in [0, 0.1) is 6.92 Å². The molecule has 1 aromatic heterocycles. The molecule has 0 aliphatic carbocycles. The third-order valence-electron chi connectivity index (χ3n) is 4.78. The van der Waals surface area contributed by atoms with Crippen molar-refractivity contribution >= 4 is 16.9 Å². The summed E-state index contributed by atoms with van der Waals surface area (Å²) in [5.74, 6) is -0.342. The van der Waals surface area contributed by atoms with Crippen LogP contribution in [0.25, 0.3) is 22.1 Å². The second-order valence-corrected chi connectivity index (χ2v) is 6.99. The number of esters is 1. The number of aryl methyl sites for hydroxylation is 1. The van der Waals surface area contributed by atoms with E-state index in [0.717, 1.165) is 27.6 Å². The van der Waals surface area contributed by atoms with Gasteiger partial charge in [0.05, 0.1) is 6.42 Å². The van der Waals surface area contributed by atoms with E-state index in [4.69, 9.17) is 9.15 Å². The van der Waals surface area contributed by atoms with Gasteiger partial charge in [-0.3, -0.25) is 4.79 Å². The van der Waals surface area contributed by atoms with E-state index in [-0.39, 0.29) is 19.0 Å². The maximum atomic E-state index is 12.3. The Labute approximate surface area is 168 Å². The molecule has 0 saturated carbocycles. The van der Waals surface area contributed by atoms with E-state index in [0.29, 0.717) is 11.1 Å². The molecule has 0 aliphatic heterocycles. The second kappa shape index (κ2) is 8.15. The monoisotopic (exact) mass is 384 g/mol. The SMILES string of the molecule is Cc1ccc2c(COC(=O)Cc3ccc(-c4ccccc4)cc3)cc(=O)oc2c1. The van der Waals surface area contributed by atoms with Gasteiger partial charge in [0.15, 0.2) is 0 Å². The van der Waals surface area contributed by atoms with Crippen molar-refractivity contribution in [3.05, 3.63) is 106 Å². The minimum atomic E-state index is -0.453. The van der Waals surface area contributed by atoms with Gasteiger partial charge in [0.25, 0.3) is 0 Å². The van der Waals surface area contributed by atoms with E-state index >= 15 is 0 Å². The van der Waals surface area contributed by atoms with Gasteiger partial charge in [0.2, 0.25) is 0 Å². The molecule has 0 bridgehead atoms. The molecule has 4 rings (SSSR count). The van der Waals surface area contributed by atoms with E-state index in [9.17, 15) is 9.59 Å². The molecule has 0 spiro atoms. The summed E-state index contributed by atoms with van der Waals surface area (Å²) in [5, 5.41) is 0.773. The lowest BCUT2D eigenvalue weighted by molar-refractivity contribution is -0.144. The first-order valence-corrected chi connectivity index (χ1v) is 9.42. The van der Waals surface area contributed by atoms with Crippen LogP contribution in [0.2, 0.25) is 0 Å². The summed E-state index contributed by atoms with van der Waals surface area (Å²) in [6, 6.07) is 24.9. The first-order valence-electron chi connectivity index (χ1n) is 9.42. The van der Waals surface area contributed by atoms with Crippen molar-refractivity contribution in [2.45, 2.75) is 20.0 Å². The summed E-state index contributed by atoms with van der Waals surface area (Å²) in [5.41, 5.74) is 4.79. The molecule has 0 N–H and O–H groups in total. The smallest absolute Gasteiger partial charge is 0.336 e. The van der Waals surface area contributed by atoms with Crippen LogP contribution >= 0.6 is 0 Å². The van der Waals surface area contributed by atoms with Gasteiger partial charge >= 0.3 is 11.6 Å². The Hall–Kier alpha value is -3.66. The molecule has 1 heterocycles. The third-order valence-corrected chi connectivity index (χ3v) is 4.78. The van der Waals surface area contributed by atoms with E-state index in [1.165, 1.54) is 6.07 Å². The van der Waals surface area contributed by atoms with Crippen molar-refractivity contribution in [2.75, 3.05) is 0 Å². The van der Waals surface area contributed by atoms with Crippen molar-refractivity contribution in [1.82, 2.24) is 0 Å². The van der Waals surface area contributed by atoms with Crippen LogP contribution in [0.1, 0.15) is 16.7 Å². The summed E-state index contributed by atoms with van der Waals surface area (Å²) < 4.78 is 10.7. The predicted molar refractivity (Wildman–Crippen MR) is 113 cm³/mol. The van der Waals surface area contributed by atoms with E-state index in [1.807, 2.05) is 73.7 Å². The van der Waals surface area contributed by atoms with Crippen LogP contribution < -0.4 is 5.63 Å². The first kappa shape index (κ1) is 18.7. The van der Waals surface area contributed by atoms with Gasteiger partial charge in [0.1, 0.15) is 12.2 Å². The number of ether oxygens (including phenoxy) is 1. The van der Waals surface area contributed by atoms with Crippen molar-refractivity contribution in [3.63, 3.8) is 0 Å². The zero-order valence-electron chi connectivity index (χ0n) is 16.1. The molecule has 29 heavy (non-hydrogen) atoms. The molecular formula is C25H20O4. The minimum Gasteiger partial charge on any atom is -0.461 e. The van der Waals surface area contributed by atoms with Gasteiger partial charge in [0, 0.05) is 17.0 Å². The molecule has 4 aromatic rings. The highest BCUT2D eigenvalue weighted by Gasteiger charge is 2.10. The maximum absolute atomic E-state index is 12.3. The molecule has 0 aliphatic rings. The number of rotatable bonds is 5. The van der Waals surface area contributed by atoms with E-state index < -0.39 is 5.63 Å². The predicted octanol–water partition coefficient (Wildman–Crippen LogP) is 5.05. The fourth-order valence-corrected chi connectivity index (χ4v) is 3.28. The Morgan fingerprint density at radius 2 is 1.62 bits per heavy atom. The molecule has 0 amide bonds. The van der Waals surface area contributed by atoms with E-state index in [1.54, 1.807) is 6.07 Å². The van der Waals surface area contributed by atoms with Gasteiger partial charge in [-0.2, -0.15) is 0 Å². The average molecular weight is 384 g/mol. The lowest BCUT2D eigenvalue weighted by atomic mass is 10.0. The van der Waals surface area contributed by atoms with Gasteiger partial charge in [-0.05, 0) is 35.2 Å². The molecule has 0 fully saturated rings. The zero-order valence-corrected chi connectivity index (χ0v) is 16.1. The number of hydrogen-bond acceptors (Lipinski definition) is 4. The Balaban J connectivity index is 1.43. The van der Waals surface area contributed by atoms with E-state index in [2.05, 4.69) is 0 Å². The highest BCUT2D eigenvalue weighted by Crippen LogP contribution is 2.21. The fourth-order valence-electron chi connectivity index (χ4n) is 3.28. The molecule has 144 valence electrons. The Kier molecular flexibility index (Phi) is 5.25. The minimum absolute atomic E-state index is 0.0338. The van der Waals surface area contributed by atoms with Crippen molar-refractivity contribution < 1.29 is 13.9 Å². The normalized spacial score (nSPS) is 10.8. The largest absolute Gasteiger partial charge is 0.461 e. The molecule has 0 radical (unpaired) electrons. The van der Waals surface area contributed by atoms with Crippen LogP contribution in [-0.2, 0) is 22.6 Å². The van der Waals surface area contributed by atoms with Gasteiger partial charge in [-0.25, -0.2) is 4.79 Å². The van der Waals surface area contributed by atoms with Crippen LogP contribution in [0.4, 0.5) is 0 Å². The molecule has 4 nitrogen and oxygen atoms in total. The number of carbonyl (C=O) groups is 1. The lowest BCUT2D eigenvalue weighted by Gasteiger charge is -2.08. The zero-order chi connectivity index (χ0) is 20.2. The number of benzene rings is 3. The van der Waals surface area contributed by atoms with Crippen LogP contribution in [0.3, 0.4) is 0 Å². The number of carbonyl (C=O) groups excluding carboxylic acids is 1. The van der Waals surface area contributed by atoms with Crippen LogP contribution in [-0.4, -0.2) is 5.97 Å². The molecule has 0 unspecified atom stereocenters. The highest BCUT2D eigenvalue weighted by atomic mass is 16.5. The Morgan fingerprint density at radius 1 is 0.897 bits per heavy atom. The quantitative estimate of drug-likeness (QED) is 0.357. The third kappa shape index (κ3) is 4.43. The molecular weight excluding hydrogens is 364 g/mol. The lowest BCUT2D eigenvalue weighted by Crippen LogP contribution is -2.10. The summed E-state index contributed by atoms with van der Waals surface area (Å²) >= 11 is 0.